The number of hydrogen-bond acceptors (Lipinski definition) is 2. The molecule has 0 unspecified atom stereocenters. The van der Waals surface area contributed by atoms with Gasteiger partial charge in [-0.15, -0.1) is 0 Å². The van der Waals surface area contributed by atoms with Gasteiger partial charge in [-0.3, -0.25) is 0 Å². The average molecular weight is 191 g/mol. The number of rotatable bonds is 2. The Morgan fingerprint density at radius 2 is 2.07 bits per heavy atom. The number of phenolic OH excluding ortho intramolecular Hbond substituents is 1. The van der Waals surface area contributed by atoms with Crippen LogP contribution in [-0.4, -0.2) is 15.9 Å². The van der Waals surface area contributed by atoms with Crippen LogP contribution >= 0.6 is 0 Å². The van der Waals surface area contributed by atoms with Crippen molar-refractivity contribution in [2.75, 3.05) is 0 Å². The summed E-state index contributed by atoms with van der Waals surface area (Å²) in [5.41, 5.74) is 0.888. The van der Waals surface area contributed by atoms with E-state index in [4.69, 9.17) is 4.84 Å². The Morgan fingerprint density at radius 3 is 2.79 bits per heavy atom. The first kappa shape index (κ1) is 8.94. The molecule has 1 aromatic carbocycles. The van der Waals surface area contributed by atoms with Crippen LogP contribution in [0.25, 0.3) is 10.9 Å². The van der Waals surface area contributed by atoms with E-state index in [1.807, 2.05) is 32.2 Å². The van der Waals surface area contributed by atoms with E-state index in [0.29, 0.717) is 0 Å². The molecule has 2 rings (SSSR count). The molecule has 74 valence electrons. The Bertz CT molecular complexity index is 445. The maximum Gasteiger partial charge on any atom is 0.119 e. The van der Waals surface area contributed by atoms with Crippen LogP contribution in [0.2, 0.25) is 0 Å². The van der Waals surface area contributed by atoms with E-state index >= 15 is 0 Å². The Kier molecular flexibility index (Phi) is 2.08. The average Bonchev–Trinajstić information content (AvgIpc) is 2.47. The van der Waals surface area contributed by atoms with Gasteiger partial charge in [0.25, 0.3) is 0 Å². The van der Waals surface area contributed by atoms with Gasteiger partial charge in [0.05, 0.1) is 5.52 Å². The van der Waals surface area contributed by atoms with Crippen molar-refractivity contribution in [3.8, 4) is 5.75 Å². The van der Waals surface area contributed by atoms with Crippen LogP contribution in [0.1, 0.15) is 13.8 Å². The molecule has 0 saturated heterocycles. The quantitative estimate of drug-likeness (QED) is 0.789. The van der Waals surface area contributed by atoms with Crippen LogP contribution in [0.15, 0.2) is 30.5 Å². The van der Waals surface area contributed by atoms with Crippen molar-refractivity contribution in [3.63, 3.8) is 0 Å². The molecule has 0 spiro atoms. The van der Waals surface area contributed by atoms with E-state index in [0.717, 1.165) is 10.9 Å². The molecule has 3 nitrogen and oxygen atoms in total. The maximum absolute atomic E-state index is 9.34. The molecule has 3 heteroatoms. The van der Waals surface area contributed by atoms with E-state index in [1.165, 1.54) is 0 Å². The zero-order chi connectivity index (χ0) is 10.1. The van der Waals surface area contributed by atoms with E-state index in [1.54, 1.807) is 16.9 Å². The van der Waals surface area contributed by atoms with Gasteiger partial charge >= 0.3 is 0 Å². The zero-order valence-electron chi connectivity index (χ0n) is 8.27. The summed E-state index contributed by atoms with van der Waals surface area (Å²) in [6, 6.07) is 7.18. The highest BCUT2D eigenvalue weighted by Crippen LogP contribution is 2.20. The number of fused-ring (bicyclic) bond motifs is 1. The van der Waals surface area contributed by atoms with Gasteiger partial charge in [0, 0.05) is 17.6 Å². The van der Waals surface area contributed by atoms with E-state index in [-0.39, 0.29) is 11.9 Å². The molecule has 0 radical (unpaired) electrons. The van der Waals surface area contributed by atoms with Gasteiger partial charge < -0.3 is 9.94 Å². The van der Waals surface area contributed by atoms with Crippen LogP contribution in [0, 0.1) is 0 Å². The van der Waals surface area contributed by atoms with Gasteiger partial charge in [0.1, 0.15) is 11.9 Å². The SMILES string of the molecule is CC(C)On1ccc2ccc(O)cc21. The van der Waals surface area contributed by atoms with Gasteiger partial charge in [0.2, 0.25) is 0 Å². The van der Waals surface area contributed by atoms with Gasteiger partial charge in [-0.05, 0) is 32.0 Å². The molecule has 0 saturated carbocycles. The van der Waals surface area contributed by atoms with Crippen molar-refractivity contribution in [1.82, 2.24) is 4.73 Å². The van der Waals surface area contributed by atoms with Gasteiger partial charge in [0.15, 0.2) is 0 Å². The van der Waals surface area contributed by atoms with Crippen molar-refractivity contribution in [2.45, 2.75) is 20.0 Å². The molecule has 0 amide bonds. The largest absolute Gasteiger partial charge is 0.508 e. The van der Waals surface area contributed by atoms with Crippen LogP contribution < -0.4 is 4.84 Å². The summed E-state index contributed by atoms with van der Waals surface area (Å²) < 4.78 is 1.68. The summed E-state index contributed by atoms with van der Waals surface area (Å²) in [7, 11) is 0. The molecule has 0 bridgehead atoms. The standard InChI is InChI=1S/C11H13NO2/c1-8(2)14-12-6-5-9-3-4-10(13)7-11(9)12/h3-8,13H,1-2H3. The molecule has 1 N–H and O–H groups in total. The summed E-state index contributed by atoms with van der Waals surface area (Å²) in [6.45, 7) is 3.93. The normalized spacial score (nSPS) is 11.1. The Labute approximate surface area is 82.5 Å². The molecule has 1 aromatic heterocycles. The minimum atomic E-state index is 0.118. The lowest BCUT2D eigenvalue weighted by Gasteiger charge is -2.11. The third-order valence-corrected chi connectivity index (χ3v) is 1.97. The lowest BCUT2D eigenvalue weighted by molar-refractivity contribution is 0.0686. The molecule has 0 atom stereocenters. The molecule has 0 aliphatic heterocycles. The van der Waals surface area contributed by atoms with Crippen molar-refractivity contribution >= 4 is 10.9 Å². The predicted octanol–water partition coefficient (Wildman–Crippen LogP) is 2.18. The van der Waals surface area contributed by atoms with E-state index in [9.17, 15) is 5.11 Å². The second-order valence-electron chi connectivity index (χ2n) is 3.54. The highest BCUT2D eigenvalue weighted by atomic mass is 16.7. The van der Waals surface area contributed by atoms with Crippen molar-refractivity contribution < 1.29 is 9.94 Å². The smallest absolute Gasteiger partial charge is 0.119 e. The molecule has 2 aromatic rings. The van der Waals surface area contributed by atoms with E-state index in [2.05, 4.69) is 0 Å². The number of phenols is 1. The maximum atomic E-state index is 9.34. The lowest BCUT2D eigenvalue weighted by atomic mass is 10.2. The minimum Gasteiger partial charge on any atom is -0.508 e. The summed E-state index contributed by atoms with van der Waals surface area (Å²) in [5, 5.41) is 10.4. The summed E-state index contributed by atoms with van der Waals surface area (Å²) >= 11 is 0. The molecule has 0 aliphatic carbocycles. The van der Waals surface area contributed by atoms with E-state index < -0.39 is 0 Å². The first-order valence-electron chi connectivity index (χ1n) is 4.64. The number of benzene rings is 1. The Balaban J connectivity index is 2.50. The van der Waals surface area contributed by atoms with Gasteiger partial charge in [-0.25, -0.2) is 0 Å². The van der Waals surface area contributed by atoms with Crippen LogP contribution in [0.5, 0.6) is 5.75 Å². The molecule has 0 fully saturated rings. The number of aromatic hydroxyl groups is 1. The summed E-state index contributed by atoms with van der Waals surface area (Å²) in [4.78, 5) is 5.53. The Morgan fingerprint density at radius 1 is 1.29 bits per heavy atom. The third-order valence-electron chi connectivity index (χ3n) is 1.97. The highest BCUT2D eigenvalue weighted by Gasteiger charge is 2.03. The molecular formula is C11H13NO2. The second kappa shape index (κ2) is 3.25. The monoisotopic (exact) mass is 191 g/mol. The number of nitrogens with zero attached hydrogens (tertiary/aromatic N) is 1. The third kappa shape index (κ3) is 1.53. The van der Waals surface area contributed by atoms with Crippen molar-refractivity contribution in [1.29, 1.82) is 0 Å². The summed E-state index contributed by atoms with van der Waals surface area (Å²) in [5.74, 6) is 0.254. The van der Waals surface area contributed by atoms with Gasteiger partial charge in [-0.2, -0.15) is 4.73 Å². The first-order valence-corrected chi connectivity index (χ1v) is 4.64. The number of hydrogen-bond donors (Lipinski definition) is 1. The number of aromatic nitrogens is 1. The summed E-state index contributed by atoms with van der Waals surface area (Å²) in [6.07, 6.45) is 1.97. The topological polar surface area (TPSA) is 34.4 Å². The lowest BCUT2D eigenvalue weighted by Crippen LogP contribution is -2.17. The van der Waals surface area contributed by atoms with Gasteiger partial charge in [-0.1, -0.05) is 0 Å². The minimum absolute atomic E-state index is 0.118. The fourth-order valence-corrected chi connectivity index (χ4v) is 1.41. The van der Waals surface area contributed by atoms with Crippen molar-refractivity contribution in [2.24, 2.45) is 0 Å². The fourth-order valence-electron chi connectivity index (χ4n) is 1.41. The molecule has 1 heterocycles. The van der Waals surface area contributed by atoms with Crippen LogP contribution in [-0.2, 0) is 0 Å². The zero-order valence-corrected chi connectivity index (χ0v) is 8.27. The molecule has 0 aliphatic rings. The predicted molar refractivity (Wildman–Crippen MR) is 55.3 cm³/mol. The fraction of sp³-hybridized carbons (Fsp3) is 0.273. The Hall–Kier alpha value is -1.64. The highest BCUT2D eigenvalue weighted by molar-refractivity contribution is 5.81. The molecule has 14 heavy (non-hydrogen) atoms. The van der Waals surface area contributed by atoms with Crippen molar-refractivity contribution in [3.05, 3.63) is 30.5 Å². The second-order valence-corrected chi connectivity index (χ2v) is 3.54. The van der Waals surface area contributed by atoms with Crippen LogP contribution in [0.4, 0.5) is 0 Å². The molecular weight excluding hydrogens is 178 g/mol. The van der Waals surface area contributed by atoms with Crippen LogP contribution in [0.3, 0.4) is 0 Å². The first-order chi connectivity index (χ1) is 6.66.